The lowest BCUT2D eigenvalue weighted by Gasteiger charge is -2.06. The first kappa shape index (κ1) is 15.0. The molecule has 0 radical (unpaired) electrons. The van der Waals surface area contributed by atoms with E-state index in [0.29, 0.717) is 0 Å². The second-order valence-electron chi connectivity index (χ2n) is 7.41. The largest absolute Gasteiger partial charge is 0.456 e. The zero-order valence-corrected chi connectivity index (χ0v) is 15.4. The van der Waals surface area contributed by atoms with E-state index in [4.69, 9.17) is 8.83 Å². The Labute approximate surface area is 165 Å². The Bertz CT molecular complexity index is 1710. The highest BCUT2D eigenvalue weighted by molar-refractivity contribution is 6.20. The number of benzene rings is 4. The van der Waals surface area contributed by atoms with Gasteiger partial charge in [0.25, 0.3) is 0 Å². The van der Waals surface area contributed by atoms with Crippen LogP contribution in [-0.2, 0) is 0 Å². The highest BCUT2D eigenvalue weighted by atomic mass is 16.3. The monoisotopic (exact) mass is 373 g/mol. The molecule has 0 spiro atoms. The first-order chi connectivity index (χ1) is 14.4. The van der Waals surface area contributed by atoms with E-state index in [0.717, 1.165) is 55.2 Å². The minimum absolute atomic E-state index is 0.864. The van der Waals surface area contributed by atoms with Crippen molar-refractivity contribution in [3.63, 3.8) is 0 Å². The summed E-state index contributed by atoms with van der Waals surface area (Å²) in [6.07, 6.45) is 0. The molecule has 0 N–H and O–H groups in total. The summed E-state index contributed by atoms with van der Waals surface area (Å²) >= 11 is 0. The molecule has 0 aliphatic rings. The Morgan fingerprint density at radius 3 is 2.03 bits per heavy atom. The van der Waals surface area contributed by atoms with Crippen molar-refractivity contribution in [2.24, 2.45) is 0 Å². The molecule has 0 fully saturated rings. The summed E-state index contributed by atoms with van der Waals surface area (Å²) in [7, 11) is 0. The van der Waals surface area contributed by atoms with E-state index < -0.39 is 0 Å². The van der Waals surface area contributed by atoms with E-state index >= 15 is 0 Å². The van der Waals surface area contributed by atoms with Crippen molar-refractivity contribution in [3.05, 3.63) is 91.0 Å². The number of para-hydroxylation sites is 3. The molecule has 7 rings (SSSR count). The van der Waals surface area contributed by atoms with Crippen LogP contribution >= 0.6 is 0 Å². The average molecular weight is 373 g/mol. The summed E-state index contributed by atoms with van der Waals surface area (Å²) < 4.78 is 14.6. The molecule has 0 amide bonds. The minimum atomic E-state index is 0.864. The van der Waals surface area contributed by atoms with Crippen molar-refractivity contribution >= 4 is 54.9 Å². The summed E-state index contributed by atoms with van der Waals surface area (Å²) in [5.41, 5.74) is 5.71. The number of aromatic nitrogens is 1. The van der Waals surface area contributed by atoms with Gasteiger partial charge in [0, 0.05) is 27.6 Å². The number of fused-ring (bicyclic) bond motifs is 8. The number of hydrogen-bond acceptors (Lipinski definition) is 2. The fourth-order valence-electron chi connectivity index (χ4n) is 4.55. The molecular formula is C26H15NO2. The van der Waals surface area contributed by atoms with Crippen LogP contribution < -0.4 is 0 Å². The summed E-state index contributed by atoms with van der Waals surface area (Å²) in [5.74, 6) is 0. The standard InChI is InChI=1S/C26H15NO2/c1-4-10-21-19(8-1)25-20-9-3-6-12-23(20)29-26(25)27(21)16-13-14-18-17-7-2-5-11-22(17)28-24(18)15-16/h1-15H. The van der Waals surface area contributed by atoms with Crippen molar-refractivity contribution in [2.75, 3.05) is 0 Å². The van der Waals surface area contributed by atoms with Crippen molar-refractivity contribution in [1.82, 2.24) is 4.57 Å². The zero-order chi connectivity index (χ0) is 18.9. The van der Waals surface area contributed by atoms with Crippen LogP contribution in [0.5, 0.6) is 0 Å². The predicted molar refractivity (Wildman–Crippen MR) is 118 cm³/mol. The van der Waals surface area contributed by atoms with Crippen LogP contribution in [0.4, 0.5) is 0 Å². The van der Waals surface area contributed by atoms with Crippen molar-refractivity contribution < 1.29 is 8.83 Å². The SMILES string of the molecule is c1ccc2c(c1)oc1cc(-n3c4ccccc4c4c5ccccc5oc43)ccc12. The molecule has 0 saturated heterocycles. The van der Waals surface area contributed by atoms with Crippen LogP contribution in [-0.4, -0.2) is 4.57 Å². The van der Waals surface area contributed by atoms with Gasteiger partial charge in [0.2, 0.25) is 5.71 Å². The topological polar surface area (TPSA) is 31.2 Å². The third-order valence-electron chi connectivity index (χ3n) is 5.81. The quantitative estimate of drug-likeness (QED) is 0.300. The van der Waals surface area contributed by atoms with E-state index in [1.165, 1.54) is 5.39 Å². The second-order valence-corrected chi connectivity index (χ2v) is 7.41. The molecule has 0 atom stereocenters. The van der Waals surface area contributed by atoms with E-state index in [-0.39, 0.29) is 0 Å². The number of nitrogens with zero attached hydrogens (tertiary/aromatic N) is 1. The highest BCUT2D eigenvalue weighted by Gasteiger charge is 2.19. The first-order valence-electron chi connectivity index (χ1n) is 9.71. The van der Waals surface area contributed by atoms with Gasteiger partial charge in [-0.05, 0) is 30.3 Å². The highest BCUT2D eigenvalue weighted by Crippen LogP contribution is 2.39. The zero-order valence-electron chi connectivity index (χ0n) is 15.4. The molecule has 0 aliphatic heterocycles. The molecule has 3 heteroatoms. The number of rotatable bonds is 1. The summed E-state index contributed by atoms with van der Waals surface area (Å²) in [6, 6.07) is 31.2. The van der Waals surface area contributed by atoms with Crippen LogP contribution in [0.25, 0.3) is 60.6 Å². The lowest BCUT2D eigenvalue weighted by Crippen LogP contribution is -1.92. The fourth-order valence-corrected chi connectivity index (χ4v) is 4.55. The minimum Gasteiger partial charge on any atom is -0.456 e. The van der Waals surface area contributed by atoms with Crippen LogP contribution in [0.2, 0.25) is 0 Å². The lowest BCUT2D eigenvalue weighted by atomic mass is 10.1. The molecule has 0 bridgehead atoms. The van der Waals surface area contributed by atoms with E-state index in [2.05, 4.69) is 65.2 Å². The van der Waals surface area contributed by atoms with Crippen LogP contribution in [0.15, 0.2) is 99.8 Å². The Kier molecular flexibility index (Phi) is 2.74. The van der Waals surface area contributed by atoms with Gasteiger partial charge in [0.15, 0.2) is 0 Å². The predicted octanol–water partition coefficient (Wildman–Crippen LogP) is 7.43. The summed E-state index contributed by atoms with van der Waals surface area (Å²) in [4.78, 5) is 0. The maximum atomic E-state index is 6.33. The average Bonchev–Trinajstić information content (AvgIpc) is 3.41. The van der Waals surface area contributed by atoms with Crippen LogP contribution in [0.1, 0.15) is 0 Å². The van der Waals surface area contributed by atoms with Gasteiger partial charge in [0.1, 0.15) is 16.7 Å². The van der Waals surface area contributed by atoms with E-state index in [1.807, 2.05) is 30.3 Å². The first-order valence-corrected chi connectivity index (χ1v) is 9.71. The molecule has 29 heavy (non-hydrogen) atoms. The fraction of sp³-hybridized carbons (Fsp3) is 0. The molecule has 4 aromatic carbocycles. The Hall–Kier alpha value is -3.98. The van der Waals surface area contributed by atoms with Crippen molar-refractivity contribution in [2.45, 2.75) is 0 Å². The molecular weight excluding hydrogens is 358 g/mol. The van der Waals surface area contributed by atoms with Gasteiger partial charge in [-0.1, -0.05) is 54.6 Å². The molecule has 136 valence electrons. The van der Waals surface area contributed by atoms with E-state index in [1.54, 1.807) is 0 Å². The van der Waals surface area contributed by atoms with Gasteiger partial charge in [-0.3, -0.25) is 4.57 Å². The smallest absolute Gasteiger partial charge is 0.213 e. The van der Waals surface area contributed by atoms with Crippen molar-refractivity contribution in [1.29, 1.82) is 0 Å². The Balaban J connectivity index is 1.63. The third kappa shape index (κ3) is 1.91. The number of furan rings is 2. The normalized spacial score (nSPS) is 12.1. The van der Waals surface area contributed by atoms with Gasteiger partial charge in [-0.25, -0.2) is 0 Å². The molecule has 3 heterocycles. The van der Waals surface area contributed by atoms with Gasteiger partial charge >= 0.3 is 0 Å². The maximum Gasteiger partial charge on any atom is 0.213 e. The van der Waals surface area contributed by atoms with Gasteiger partial charge < -0.3 is 8.83 Å². The molecule has 0 aliphatic carbocycles. The van der Waals surface area contributed by atoms with Gasteiger partial charge in [0.05, 0.1) is 16.6 Å². The summed E-state index contributed by atoms with van der Waals surface area (Å²) in [5, 5.41) is 5.75. The number of hydrogen-bond donors (Lipinski definition) is 0. The molecule has 0 saturated carbocycles. The van der Waals surface area contributed by atoms with E-state index in [9.17, 15) is 0 Å². The van der Waals surface area contributed by atoms with Gasteiger partial charge in [-0.15, -0.1) is 0 Å². The Morgan fingerprint density at radius 1 is 0.517 bits per heavy atom. The Morgan fingerprint density at radius 2 is 1.17 bits per heavy atom. The second kappa shape index (κ2) is 5.30. The lowest BCUT2D eigenvalue weighted by molar-refractivity contribution is 0.645. The molecule has 7 aromatic rings. The molecule has 3 nitrogen and oxygen atoms in total. The third-order valence-corrected chi connectivity index (χ3v) is 5.81. The van der Waals surface area contributed by atoms with Crippen LogP contribution in [0, 0.1) is 0 Å². The van der Waals surface area contributed by atoms with Crippen molar-refractivity contribution in [3.8, 4) is 5.69 Å². The molecule has 3 aromatic heterocycles. The maximum absolute atomic E-state index is 6.33. The van der Waals surface area contributed by atoms with Gasteiger partial charge in [-0.2, -0.15) is 0 Å². The summed E-state index contributed by atoms with van der Waals surface area (Å²) in [6.45, 7) is 0. The molecule has 0 unspecified atom stereocenters. The van der Waals surface area contributed by atoms with Crippen LogP contribution in [0.3, 0.4) is 0 Å².